The molecule has 0 fully saturated rings. The molecule has 0 aliphatic carbocycles. The van der Waals surface area contributed by atoms with Gasteiger partial charge in [-0.3, -0.25) is 0 Å². The number of rotatable bonds is 16. The van der Waals surface area contributed by atoms with Crippen LogP contribution in [0.4, 0.5) is 0 Å². The van der Waals surface area contributed by atoms with E-state index in [1.54, 1.807) is 0 Å². The minimum Gasteiger partial charge on any atom is -0.461 e. The summed E-state index contributed by atoms with van der Waals surface area (Å²) in [6.45, 7) is 8.28. The molecule has 0 aliphatic rings. The van der Waals surface area contributed by atoms with Crippen LogP contribution in [0.1, 0.15) is 40.5 Å². The van der Waals surface area contributed by atoms with Gasteiger partial charge in [0.25, 0.3) is 0 Å². The summed E-state index contributed by atoms with van der Waals surface area (Å²) in [4.78, 5) is 46.7. The molecule has 0 bridgehead atoms. The molecule has 2 atom stereocenters. The fourth-order valence-corrected chi connectivity index (χ4v) is 1.79. The first-order valence-electron chi connectivity index (χ1n) is 9.89. The molecule has 0 amide bonds. The Balaban J connectivity index is 4.14. The normalized spacial score (nSPS) is 12.8. The number of hydrogen-bond donors (Lipinski definition) is 0. The zero-order valence-corrected chi connectivity index (χ0v) is 18.0. The minimum atomic E-state index is -1.16. The molecule has 0 aliphatic heterocycles. The third-order valence-electron chi connectivity index (χ3n) is 3.25. The lowest BCUT2D eigenvalue weighted by atomic mass is 10.4. The average Bonchev–Trinajstić information content (AvgIpc) is 2.71. The van der Waals surface area contributed by atoms with Crippen molar-refractivity contribution in [3.8, 4) is 0 Å². The zero-order chi connectivity index (χ0) is 22.8. The van der Waals surface area contributed by atoms with Gasteiger partial charge in [0.2, 0.25) is 0 Å². The Morgan fingerprint density at radius 1 is 0.633 bits per heavy atom. The zero-order valence-electron chi connectivity index (χ0n) is 18.0. The quantitative estimate of drug-likeness (QED) is 0.153. The summed E-state index contributed by atoms with van der Waals surface area (Å²) in [5.41, 5.74) is 0. The van der Waals surface area contributed by atoms with E-state index >= 15 is 0 Å². The minimum absolute atomic E-state index is 0.0433. The number of esters is 4. The first kappa shape index (κ1) is 27.5. The maximum Gasteiger partial charge on any atom is 0.347 e. The Morgan fingerprint density at radius 2 is 1.00 bits per heavy atom. The van der Waals surface area contributed by atoms with Crippen LogP contribution < -0.4 is 0 Å². The van der Waals surface area contributed by atoms with Crippen LogP contribution in [0.3, 0.4) is 0 Å². The van der Waals surface area contributed by atoms with Crippen LogP contribution in [-0.2, 0) is 47.6 Å². The van der Waals surface area contributed by atoms with E-state index in [0.29, 0.717) is 13.2 Å². The predicted molar refractivity (Wildman–Crippen MR) is 104 cm³/mol. The van der Waals surface area contributed by atoms with E-state index in [9.17, 15) is 19.2 Å². The lowest BCUT2D eigenvalue weighted by Gasteiger charge is -2.12. The molecular formula is C20H32O10. The van der Waals surface area contributed by atoms with Gasteiger partial charge >= 0.3 is 23.9 Å². The highest BCUT2D eigenvalue weighted by Crippen LogP contribution is 2.00. The molecule has 10 nitrogen and oxygen atoms in total. The van der Waals surface area contributed by atoms with Gasteiger partial charge in [0.1, 0.15) is 13.2 Å². The summed E-state index contributed by atoms with van der Waals surface area (Å²) < 4.78 is 29.7. The van der Waals surface area contributed by atoms with Crippen molar-refractivity contribution >= 4 is 23.9 Å². The van der Waals surface area contributed by atoms with E-state index in [0.717, 1.165) is 25.0 Å². The van der Waals surface area contributed by atoms with Crippen LogP contribution >= 0.6 is 0 Å². The van der Waals surface area contributed by atoms with Crippen molar-refractivity contribution in [2.45, 2.75) is 52.7 Å². The lowest BCUT2D eigenvalue weighted by molar-refractivity contribution is -0.165. The van der Waals surface area contributed by atoms with Gasteiger partial charge < -0.3 is 28.4 Å². The van der Waals surface area contributed by atoms with Crippen molar-refractivity contribution in [2.75, 3.05) is 39.6 Å². The predicted octanol–water partition coefficient (Wildman–Crippen LogP) is 1.35. The van der Waals surface area contributed by atoms with Gasteiger partial charge in [0.15, 0.2) is 12.2 Å². The summed E-state index contributed by atoms with van der Waals surface area (Å²) in [5, 5.41) is 0. The third-order valence-corrected chi connectivity index (χ3v) is 3.25. The summed E-state index contributed by atoms with van der Waals surface area (Å²) in [6, 6.07) is 0. The van der Waals surface area contributed by atoms with E-state index in [4.69, 9.17) is 28.4 Å². The number of carbonyl (C=O) groups excluding carboxylic acids is 4. The highest BCUT2D eigenvalue weighted by atomic mass is 16.6. The smallest absolute Gasteiger partial charge is 0.347 e. The van der Waals surface area contributed by atoms with Crippen LogP contribution in [-0.4, -0.2) is 75.7 Å². The molecule has 0 aromatic heterocycles. The van der Waals surface area contributed by atoms with Crippen molar-refractivity contribution in [2.24, 2.45) is 0 Å². The van der Waals surface area contributed by atoms with Crippen LogP contribution in [0.25, 0.3) is 0 Å². The molecule has 30 heavy (non-hydrogen) atoms. The van der Waals surface area contributed by atoms with E-state index in [2.05, 4.69) is 0 Å². The Kier molecular flexibility index (Phi) is 16.0. The van der Waals surface area contributed by atoms with Crippen LogP contribution in [0.2, 0.25) is 0 Å². The summed E-state index contributed by atoms with van der Waals surface area (Å²) in [7, 11) is 0. The molecule has 0 radical (unpaired) electrons. The molecule has 172 valence electrons. The fourth-order valence-electron chi connectivity index (χ4n) is 1.79. The molecule has 0 aromatic rings. The molecule has 0 aromatic carbocycles. The van der Waals surface area contributed by atoms with E-state index in [1.807, 2.05) is 13.8 Å². The maximum absolute atomic E-state index is 11.7. The Labute approximate surface area is 176 Å². The summed E-state index contributed by atoms with van der Waals surface area (Å²) >= 11 is 0. The number of ether oxygens (including phenoxy) is 6. The van der Waals surface area contributed by atoms with Gasteiger partial charge in [-0.2, -0.15) is 0 Å². The second-order valence-corrected chi connectivity index (χ2v) is 6.05. The van der Waals surface area contributed by atoms with E-state index < -0.39 is 36.1 Å². The SMILES string of the molecule is CCCOCCOC(=O)C(C)OC(=O)/C=C/C(=O)OC(C)C(=O)OCCOCCC. The van der Waals surface area contributed by atoms with Crippen LogP contribution in [0, 0.1) is 0 Å². The maximum atomic E-state index is 11.7. The Bertz CT molecular complexity index is 510. The lowest BCUT2D eigenvalue weighted by Crippen LogP contribution is -2.27. The van der Waals surface area contributed by atoms with Gasteiger partial charge in [-0.15, -0.1) is 0 Å². The van der Waals surface area contributed by atoms with Gasteiger partial charge in [-0.05, 0) is 26.7 Å². The first-order chi connectivity index (χ1) is 14.3. The van der Waals surface area contributed by atoms with Crippen LogP contribution in [0.5, 0.6) is 0 Å². The summed E-state index contributed by atoms with van der Waals surface area (Å²) in [5.74, 6) is -3.36. The van der Waals surface area contributed by atoms with Crippen molar-refractivity contribution in [1.29, 1.82) is 0 Å². The Hall–Kier alpha value is -2.46. The highest BCUT2D eigenvalue weighted by Gasteiger charge is 2.20. The van der Waals surface area contributed by atoms with E-state index in [1.165, 1.54) is 13.8 Å². The van der Waals surface area contributed by atoms with Gasteiger partial charge in [0.05, 0.1) is 13.2 Å². The van der Waals surface area contributed by atoms with Gasteiger partial charge in [-0.25, -0.2) is 19.2 Å². The van der Waals surface area contributed by atoms with Crippen molar-refractivity contribution < 1.29 is 47.6 Å². The molecule has 0 N–H and O–H groups in total. The monoisotopic (exact) mass is 432 g/mol. The molecule has 0 spiro atoms. The summed E-state index contributed by atoms with van der Waals surface area (Å²) in [6.07, 6.45) is 0.955. The van der Waals surface area contributed by atoms with Crippen molar-refractivity contribution in [1.82, 2.24) is 0 Å². The molecule has 0 saturated carbocycles. The standard InChI is InChI=1S/C20H32O10/c1-5-9-25-11-13-27-19(23)15(3)29-17(21)7-8-18(22)30-16(4)20(24)28-14-12-26-10-6-2/h7-8,15-16H,5-6,9-14H2,1-4H3/b8-7+. The van der Waals surface area contributed by atoms with Gasteiger partial charge in [-0.1, -0.05) is 13.8 Å². The van der Waals surface area contributed by atoms with E-state index in [-0.39, 0.29) is 26.4 Å². The number of hydrogen-bond acceptors (Lipinski definition) is 10. The topological polar surface area (TPSA) is 124 Å². The van der Waals surface area contributed by atoms with Gasteiger partial charge in [0, 0.05) is 25.4 Å². The van der Waals surface area contributed by atoms with Crippen LogP contribution in [0.15, 0.2) is 12.2 Å². The van der Waals surface area contributed by atoms with Crippen molar-refractivity contribution in [3.63, 3.8) is 0 Å². The average molecular weight is 432 g/mol. The molecule has 10 heteroatoms. The molecule has 0 rings (SSSR count). The van der Waals surface area contributed by atoms with Crippen molar-refractivity contribution in [3.05, 3.63) is 12.2 Å². The largest absolute Gasteiger partial charge is 0.461 e. The molecular weight excluding hydrogens is 400 g/mol. The molecule has 0 heterocycles. The second-order valence-electron chi connectivity index (χ2n) is 6.05. The first-order valence-corrected chi connectivity index (χ1v) is 9.89. The fraction of sp³-hybridized carbons (Fsp3) is 0.700. The Morgan fingerprint density at radius 3 is 1.33 bits per heavy atom. The molecule has 2 unspecified atom stereocenters. The second kappa shape index (κ2) is 17.4. The molecule has 0 saturated heterocycles. The number of carbonyl (C=O) groups is 4. The third kappa shape index (κ3) is 14.5. The highest BCUT2D eigenvalue weighted by molar-refractivity contribution is 5.93.